The highest BCUT2D eigenvalue weighted by Crippen LogP contribution is 2.32. The van der Waals surface area contributed by atoms with E-state index >= 15 is 0 Å². The number of carbonyl (C=O) groups excluding carboxylic acids is 1. The number of hydrogen-bond acceptors (Lipinski definition) is 6. The molecule has 0 radical (unpaired) electrons. The molecular formula is C22H23N7O2. The number of amides is 1. The Hall–Kier alpha value is -4.01. The van der Waals surface area contributed by atoms with E-state index in [0.29, 0.717) is 22.6 Å². The molecule has 0 spiro atoms. The number of nitrogens with two attached hydrogens (primary N) is 1. The largest absolute Gasteiger partial charge is 0.494 e. The first-order valence-corrected chi connectivity index (χ1v) is 9.72. The van der Waals surface area contributed by atoms with Gasteiger partial charge in [-0.3, -0.25) is 19.4 Å². The van der Waals surface area contributed by atoms with E-state index in [1.165, 1.54) is 4.68 Å². The minimum Gasteiger partial charge on any atom is -0.494 e. The smallest absolute Gasteiger partial charge is 0.244 e. The van der Waals surface area contributed by atoms with E-state index in [9.17, 15) is 9.90 Å². The number of hydrogen-bond donors (Lipinski definition) is 3. The van der Waals surface area contributed by atoms with Gasteiger partial charge < -0.3 is 15.8 Å². The third kappa shape index (κ3) is 3.54. The average molecular weight is 417 g/mol. The molecule has 0 aliphatic heterocycles. The molecule has 0 saturated carbocycles. The Labute approximate surface area is 178 Å². The van der Waals surface area contributed by atoms with Crippen LogP contribution < -0.4 is 5.73 Å². The third-order valence-corrected chi connectivity index (χ3v) is 5.37. The molecule has 4 heterocycles. The molecule has 158 valence electrons. The molecular weight excluding hydrogens is 394 g/mol. The van der Waals surface area contributed by atoms with Gasteiger partial charge >= 0.3 is 0 Å². The average Bonchev–Trinajstić information content (AvgIpc) is 3.31. The van der Waals surface area contributed by atoms with Crippen molar-refractivity contribution in [3.05, 3.63) is 54.1 Å². The van der Waals surface area contributed by atoms with E-state index in [1.807, 2.05) is 19.1 Å². The third-order valence-electron chi connectivity index (χ3n) is 5.37. The van der Waals surface area contributed by atoms with Gasteiger partial charge in [0.05, 0.1) is 28.7 Å². The van der Waals surface area contributed by atoms with Gasteiger partial charge in [-0.25, -0.2) is 4.99 Å². The fourth-order valence-corrected chi connectivity index (χ4v) is 3.35. The molecule has 4 aromatic rings. The number of carbonyl (C=O) groups is 1. The minimum absolute atomic E-state index is 0.00462. The summed E-state index contributed by atoms with van der Waals surface area (Å²) in [4.78, 5) is 27.9. The summed E-state index contributed by atoms with van der Waals surface area (Å²) < 4.78 is 1.48. The van der Waals surface area contributed by atoms with Crippen molar-refractivity contribution in [2.75, 3.05) is 0 Å². The van der Waals surface area contributed by atoms with Crippen LogP contribution in [0.15, 0.2) is 48.0 Å². The number of nitrogens with one attached hydrogen (secondary N) is 1. The SMILES string of the molecule is CC(=Nc1ccn(C(C)(C)C(N)=O)n1)c1c(O)[nH]c2cnc(-c3cnccc3C)cc12. The maximum Gasteiger partial charge on any atom is 0.244 e. The Balaban J connectivity index is 1.78. The molecule has 4 aromatic heterocycles. The highest BCUT2D eigenvalue weighted by atomic mass is 16.3. The first kappa shape index (κ1) is 20.3. The van der Waals surface area contributed by atoms with Gasteiger partial charge in [0.15, 0.2) is 11.7 Å². The fourth-order valence-electron chi connectivity index (χ4n) is 3.35. The predicted molar refractivity (Wildman–Crippen MR) is 118 cm³/mol. The number of aliphatic imine (C=N–C) groups is 1. The minimum atomic E-state index is -0.979. The van der Waals surface area contributed by atoms with Crippen molar-refractivity contribution < 1.29 is 9.90 Å². The van der Waals surface area contributed by atoms with Gasteiger partial charge in [-0.05, 0) is 45.4 Å². The van der Waals surface area contributed by atoms with Gasteiger partial charge in [0.1, 0.15) is 5.54 Å². The van der Waals surface area contributed by atoms with Crippen LogP contribution in [-0.2, 0) is 10.3 Å². The number of aromatic nitrogens is 5. The molecule has 0 atom stereocenters. The molecule has 4 N–H and O–H groups in total. The van der Waals surface area contributed by atoms with Gasteiger partial charge in [0, 0.05) is 35.6 Å². The highest BCUT2D eigenvalue weighted by molar-refractivity contribution is 6.13. The lowest BCUT2D eigenvalue weighted by Gasteiger charge is -2.20. The van der Waals surface area contributed by atoms with Gasteiger partial charge in [0.25, 0.3) is 0 Å². The van der Waals surface area contributed by atoms with Crippen LogP contribution >= 0.6 is 0 Å². The molecule has 0 saturated heterocycles. The van der Waals surface area contributed by atoms with Crippen LogP contribution in [-0.4, -0.2) is 41.5 Å². The second-order valence-electron chi connectivity index (χ2n) is 7.89. The van der Waals surface area contributed by atoms with Crippen LogP contribution in [0.2, 0.25) is 0 Å². The van der Waals surface area contributed by atoms with Crippen molar-refractivity contribution in [1.29, 1.82) is 0 Å². The van der Waals surface area contributed by atoms with Crippen molar-refractivity contribution in [3.8, 4) is 17.1 Å². The Morgan fingerprint density at radius 2 is 2.06 bits per heavy atom. The standard InChI is InChI=1S/C22H23N7O2/c1-12-5-7-24-10-15(12)16-9-14-17(11-25-16)27-20(30)19(14)13(2)26-18-6-8-29(28-18)22(3,4)21(23)31/h5-11,27,30H,1-4H3,(H2,23,31). The number of aryl methyl sites for hydroxylation is 1. The Bertz CT molecular complexity index is 1330. The molecule has 4 rings (SSSR count). The van der Waals surface area contributed by atoms with Crippen LogP contribution in [0.5, 0.6) is 5.88 Å². The second kappa shape index (κ2) is 7.35. The van der Waals surface area contributed by atoms with E-state index in [1.54, 1.807) is 51.6 Å². The molecule has 1 amide bonds. The number of pyridine rings is 2. The molecule has 0 aromatic carbocycles. The van der Waals surface area contributed by atoms with Crippen molar-refractivity contribution in [2.24, 2.45) is 10.7 Å². The number of nitrogens with zero attached hydrogens (tertiary/aromatic N) is 5. The number of fused-ring (bicyclic) bond motifs is 1. The summed E-state index contributed by atoms with van der Waals surface area (Å²) in [7, 11) is 0. The molecule has 9 heteroatoms. The number of aromatic hydroxyl groups is 1. The summed E-state index contributed by atoms with van der Waals surface area (Å²) in [6.45, 7) is 7.15. The van der Waals surface area contributed by atoms with E-state index in [-0.39, 0.29) is 5.88 Å². The van der Waals surface area contributed by atoms with Crippen LogP contribution in [0.3, 0.4) is 0 Å². The first-order valence-electron chi connectivity index (χ1n) is 9.72. The second-order valence-corrected chi connectivity index (χ2v) is 7.89. The van der Waals surface area contributed by atoms with Crippen molar-refractivity contribution in [2.45, 2.75) is 33.2 Å². The zero-order chi connectivity index (χ0) is 22.3. The maximum absolute atomic E-state index is 11.7. The lowest BCUT2D eigenvalue weighted by atomic mass is 10.0. The monoisotopic (exact) mass is 417 g/mol. The van der Waals surface area contributed by atoms with Gasteiger partial charge in [0.2, 0.25) is 5.91 Å². The first-order chi connectivity index (χ1) is 14.7. The fraction of sp³-hybridized carbons (Fsp3) is 0.227. The van der Waals surface area contributed by atoms with Crippen LogP contribution in [0, 0.1) is 6.92 Å². The number of rotatable bonds is 5. The van der Waals surface area contributed by atoms with Crippen LogP contribution in [0.25, 0.3) is 22.2 Å². The zero-order valence-electron chi connectivity index (χ0n) is 17.7. The quantitative estimate of drug-likeness (QED) is 0.429. The van der Waals surface area contributed by atoms with Crippen LogP contribution in [0.4, 0.5) is 5.82 Å². The van der Waals surface area contributed by atoms with E-state index in [4.69, 9.17) is 5.73 Å². The molecule has 9 nitrogen and oxygen atoms in total. The van der Waals surface area contributed by atoms with Crippen molar-refractivity contribution in [3.63, 3.8) is 0 Å². The number of primary amides is 1. The number of aromatic amines is 1. The topological polar surface area (TPSA) is 135 Å². The lowest BCUT2D eigenvalue weighted by Crippen LogP contribution is -2.41. The highest BCUT2D eigenvalue weighted by Gasteiger charge is 2.28. The zero-order valence-corrected chi connectivity index (χ0v) is 17.7. The molecule has 0 bridgehead atoms. The van der Waals surface area contributed by atoms with E-state index < -0.39 is 11.4 Å². The summed E-state index contributed by atoms with van der Waals surface area (Å²) in [6, 6.07) is 5.51. The lowest BCUT2D eigenvalue weighted by molar-refractivity contribution is -0.125. The summed E-state index contributed by atoms with van der Waals surface area (Å²) in [5, 5.41) is 15.7. The Morgan fingerprint density at radius 3 is 2.77 bits per heavy atom. The molecule has 0 aliphatic rings. The van der Waals surface area contributed by atoms with E-state index in [2.05, 4.69) is 25.0 Å². The summed E-state index contributed by atoms with van der Waals surface area (Å²) in [5.41, 5.74) is 9.01. The number of H-pyrrole nitrogens is 1. The molecule has 0 unspecified atom stereocenters. The molecule has 31 heavy (non-hydrogen) atoms. The van der Waals surface area contributed by atoms with Gasteiger partial charge in [-0.15, -0.1) is 0 Å². The van der Waals surface area contributed by atoms with E-state index in [0.717, 1.165) is 22.2 Å². The van der Waals surface area contributed by atoms with Crippen LogP contribution in [0.1, 0.15) is 31.9 Å². The maximum atomic E-state index is 11.7. The van der Waals surface area contributed by atoms with Gasteiger partial charge in [-0.2, -0.15) is 5.10 Å². The van der Waals surface area contributed by atoms with Crippen molar-refractivity contribution in [1.82, 2.24) is 24.7 Å². The van der Waals surface area contributed by atoms with Crippen molar-refractivity contribution >= 4 is 28.3 Å². The Kier molecular flexibility index (Phi) is 4.81. The molecule has 0 aliphatic carbocycles. The predicted octanol–water partition coefficient (Wildman–Crippen LogP) is 3.20. The summed E-state index contributed by atoms with van der Waals surface area (Å²) in [5.74, 6) is -0.101. The summed E-state index contributed by atoms with van der Waals surface area (Å²) in [6.07, 6.45) is 6.83. The van der Waals surface area contributed by atoms with Gasteiger partial charge in [-0.1, -0.05) is 0 Å². The summed E-state index contributed by atoms with van der Waals surface area (Å²) >= 11 is 0. The molecule has 0 fully saturated rings. The Morgan fingerprint density at radius 1 is 1.29 bits per heavy atom. The normalized spacial score (nSPS) is 12.5.